The molecule has 0 saturated heterocycles. The summed E-state index contributed by atoms with van der Waals surface area (Å²) >= 11 is 5.15. The van der Waals surface area contributed by atoms with Gasteiger partial charge in [-0.15, -0.1) is 32.9 Å². The van der Waals surface area contributed by atoms with Gasteiger partial charge in [-0.2, -0.15) is 0 Å². The van der Waals surface area contributed by atoms with E-state index in [1.165, 1.54) is 10.4 Å². The van der Waals surface area contributed by atoms with Crippen LogP contribution in [0.1, 0.15) is 37.3 Å². The second-order valence-electron chi connectivity index (χ2n) is 7.51. The van der Waals surface area contributed by atoms with Gasteiger partial charge in [0.05, 0.1) is 5.69 Å². The van der Waals surface area contributed by atoms with Crippen LogP contribution in [0.25, 0.3) is 22.0 Å². The number of ether oxygens (including phenoxy) is 2. The molecule has 5 rings (SSSR count). The van der Waals surface area contributed by atoms with Gasteiger partial charge in [0.1, 0.15) is 5.01 Å². The van der Waals surface area contributed by atoms with Crippen molar-refractivity contribution in [3.63, 3.8) is 0 Å². The Hall–Kier alpha value is -2.36. The number of aryl methyl sites for hydroxylation is 1. The van der Waals surface area contributed by atoms with Crippen LogP contribution in [-0.2, 0) is 18.7 Å². The summed E-state index contributed by atoms with van der Waals surface area (Å²) in [6.07, 6.45) is 3.31. The number of aromatic nitrogens is 4. The van der Waals surface area contributed by atoms with Crippen LogP contribution in [0.2, 0.25) is 0 Å². The zero-order valence-corrected chi connectivity index (χ0v) is 20.5. The molecule has 1 aliphatic heterocycles. The van der Waals surface area contributed by atoms with E-state index in [4.69, 9.17) is 14.5 Å². The third kappa shape index (κ3) is 4.42. The van der Waals surface area contributed by atoms with Crippen molar-refractivity contribution in [2.75, 3.05) is 6.79 Å². The fourth-order valence-corrected chi connectivity index (χ4v) is 6.33. The van der Waals surface area contributed by atoms with Crippen LogP contribution in [0.15, 0.2) is 40.2 Å². The molecule has 0 bridgehead atoms. The van der Waals surface area contributed by atoms with Gasteiger partial charge in [0.2, 0.25) is 6.79 Å². The Kier molecular flexibility index (Phi) is 6.47. The smallest absolute Gasteiger partial charge is 0.231 e. The molecule has 0 fully saturated rings. The summed E-state index contributed by atoms with van der Waals surface area (Å²) in [7, 11) is 0. The Labute approximate surface area is 199 Å². The van der Waals surface area contributed by atoms with Crippen molar-refractivity contribution in [3.05, 3.63) is 45.6 Å². The van der Waals surface area contributed by atoms with E-state index < -0.39 is 0 Å². The lowest BCUT2D eigenvalue weighted by Crippen LogP contribution is -2.01. The normalized spacial score (nSPS) is 12.6. The molecule has 1 aliphatic rings. The van der Waals surface area contributed by atoms with Crippen molar-refractivity contribution >= 4 is 34.4 Å². The summed E-state index contributed by atoms with van der Waals surface area (Å²) in [4.78, 5) is 6.23. The van der Waals surface area contributed by atoms with Crippen LogP contribution in [0.3, 0.4) is 0 Å². The molecule has 4 aromatic rings. The van der Waals surface area contributed by atoms with Crippen molar-refractivity contribution in [2.24, 2.45) is 0 Å². The average Bonchev–Trinajstić information content (AvgIpc) is 3.59. The first-order valence-electron chi connectivity index (χ1n) is 10.7. The molecule has 4 heterocycles. The predicted molar refractivity (Wildman–Crippen MR) is 131 cm³/mol. The summed E-state index contributed by atoms with van der Waals surface area (Å²) in [6, 6.07) is 8.23. The van der Waals surface area contributed by atoms with Crippen molar-refractivity contribution < 1.29 is 9.47 Å². The van der Waals surface area contributed by atoms with Crippen LogP contribution in [-0.4, -0.2) is 26.5 Å². The Morgan fingerprint density at radius 3 is 2.78 bits per heavy atom. The SMILES string of the molecule is CCCc1cc(-c2nnc(SCc3csc(-c4ccc5c(c4)OCO5)n3)n2CCC)cs1. The number of rotatable bonds is 9. The third-order valence-corrected chi connectivity index (χ3v) is 8.03. The number of benzene rings is 1. The Morgan fingerprint density at radius 2 is 1.91 bits per heavy atom. The molecule has 166 valence electrons. The molecule has 3 aromatic heterocycles. The topological polar surface area (TPSA) is 62.1 Å². The highest BCUT2D eigenvalue weighted by Gasteiger charge is 2.17. The van der Waals surface area contributed by atoms with Crippen LogP contribution in [0, 0.1) is 0 Å². The largest absolute Gasteiger partial charge is 0.454 e. The van der Waals surface area contributed by atoms with E-state index in [0.29, 0.717) is 0 Å². The molecule has 32 heavy (non-hydrogen) atoms. The molecular weight excluding hydrogens is 460 g/mol. The van der Waals surface area contributed by atoms with E-state index >= 15 is 0 Å². The maximum absolute atomic E-state index is 5.50. The summed E-state index contributed by atoms with van der Waals surface area (Å²) in [5.41, 5.74) is 3.26. The lowest BCUT2D eigenvalue weighted by atomic mass is 10.2. The Bertz CT molecular complexity index is 1210. The lowest BCUT2D eigenvalue weighted by Gasteiger charge is -2.07. The minimum Gasteiger partial charge on any atom is -0.454 e. The number of hydrogen-bond acceptors (Lipinski definition) is 8. The molecule has 0 saturated carbocycles. The van der Waals surface area contributed by atoms with E-state index in [1.807, 2.05) is 29.5 Å². The van der Waals surface area contributed by atoms with Gasteiger partial charge in [0, 0.05) is 39.1 Å². The summed E-state index contributed by atoms with van der Waals surface area (Å²) in [5, 5.41) is 15.3. The van der Waals surface area contributed by atoms with Crippen molar-refractivity contribution in [3.8, 4) is 33.5 Å². The van der Waals surface area contributed by atoms with Gasteiger partial charge in [0.25, 0.3) is 0 Å². The first-order valence-corrected chi connectivity index (χ1v) is 13.5. The first-order chi connectivity index (χ1) is 15.7. The Morgan fingerprint density at radius 1 is 1.00 bits per heavy atom. The molecule has 0 atom stereocenters. The minimum absolute atomic E-state index is 0.282. The number of thiophene rings is 1. The standard InChI is InChI=1S/C23H24N4O2S3/c1-3-5-18-9-16(11-30-18)21-25-26-23(27(21)8-4-2)32-13-17-12-31-22(24-17)15-6-7-19-20(10-15)29-14-28-19/h6-7,9-12H,3-5,8,13-14H2,1-2H3. The maximum atomic E-state index is 5.50. The van der Waals surface area contributed by atoms with E-state index in [-0.39, 0.29) is 6.79 Å². The third-order valence-electron chi connectivity index (χ3n) is 5.09. The van der Waals surface area contributed by atoms with Crippen LogP contribution in [0.5, 0.6) is 11.5 Å². The van der Waals surface area contributed by atoms with Gasteiger partial charge in [-0.05, 0) is 37.1 Å². The number of thiazole rings is 1. The van der Waals surface area contributed by atoms with Gasteiger partial charge in [-0.3, -0.25) is 0 Å². The number of hydrogen-bond donors (Lipinski definition) is 0. The second kappa shape index (κ2) is 9.64. The van der Waals surface area contributed by atoms with Crippen molar-refractivity contribution in [2.45, 2.75) is 50.6 Å². The van der Waals surface area contributed by atoms with Gasteiger partial charge in [0.15, 0.2) is 22.5 Å². The van der Waals surface area contributed by atoms with Crippen LogP contribution in [0.4, 0.5) is 0 Å². The molecule has 0 unspecified atom stereocenters. The highest BCUT2D eigenvalue weighted by Crippen LogP contribution is 2.37. The van der Waals surface area contributed by atoms with E-state index in [2.05, 4.69) is 45.4 Å². The molecule has 9 heteroatoms. The summed E-state index contributed by atoms with van der Waals surface area (Å²) in [6.45, 7) is 5.59. The zero-order valence-electron chi connectivity index (χ0n) is 18.0. The molecule has 0 amide bonds. The highest BCUT2D eigenvalue weighted by molar-refractivity contribution is 7.98. The van der Waals surface area contributed by atoms with Crippen molar-refractivity contribution in [1.29, 1.82) is 0 Å². The van der Waals surface area contributed by atoms with Gasteiger partial charge in [-0.25, -0.2) is 4.98 Å². The lowest BCUT2D eigenvalue weighted by molar-refractivity contribution is 0.174. The minimum atomic E-state index is 0.282. The molecule has 0 N–H and O–H groups in total. The van der Waals surface area contributed by atoms with Gasteiger partial charge >= 0.3 is 0 Å². The van der Waals surface area contributed by atoms with E-state index in [0.717, 1.165) is 70.3 Å². The first kappa shape index (κ1) is 21.5. The molecule has 0 aliphatic carbocycles. The average molecular weight is 485 g/mol. The van der Waals surface area contributed by atoms with Crippen molar-refractivity contribution in [1.82, 2.24) is 19.7 Å². The molecule has 6 nitrogen and oxygen atoms in total. The fourth-order valence-electron chi connectivity index (χ4n) is 3.58. The number of thioether (sulfide) groups is 1. The molecular formula is C23H24N4O2S3. The van der Waals surface area contributed by atoms with E-state index in [9.17, 15) is 0 Å². The fraction of sp³-hybridized carbons (Fsp3) is 0.348. The second-order valence-corrected chi connectivity index (χ2v) is 10.3. The maximum Gasteiger partial charge on any atom is 0.231 e. The zero-order chi connectivity index (χ0) is 21.9. The monoisotopic (exact) mass is 484 g/mol. The highest BCUT2D eigenvalue weighted by atomic mass is 32.2. The Balaban J connectivity index is 1.31. The molecule has 0 spiro atoms. The predicted octanol–water partition coefficient (Wildman–Crippen LogP) is 6.51. The summed E-state index contributed by atoms with van der Waals surface area (Å²) < 4.78 is 13.1. The van der Waals surface area contributed by atoms with Crippen LogP contribution >= 0.6 is 34.4 Å². The number of fused-ring (bicyclic) bond motifs is 1. The molecule has 0 radical (unpaired) electrons. The van der Waals surface area contributed by atoms with Gasteiger partial charge in [-0.1, -0.05) is 32.0 Å². The van der Waals surface area contributed by atoms with Gasteiger partial charge < -0.3 is 14.0 Å². The quantitative estimate of drug-likeness (QED) is 0.252. The molecule has 1 aromatic carbocycles. The number of nitrogens with zero attached hydrogens (tertiary/aromatic N) is 4. The van der Waals surface area contributed by atoms with E-state index in [1.54, 1.807) is 23.1 Å². The summed E-state index contributed by atoms with van der Waals surface area (Å²) in [5.74, 6) is 3.30. The van der Waals surface area contributed by atoms with Crippen LogP contribution < -0.4 is 9.47 Å².